The van der Waals surface area contributed by atoms with Gasteiger partial charge < -0.3 is 9.08 Å². The first kappa shape index (κ1) is 14.9. The molecule has 4 heteroatoms. The van der Waals surface area contributed by atoms with Crippen LogP contribution in [0.15, 0.2) is 29.2 Å². The highest BCUT2D eigenvalue weighted by atomic mass is 32.2. The van der Waals surface area contributed by atoms with E-state index < -0.39 is 0 Å². The Labute approximate surface area is 131 Å². The highest BCUT2D eigenvalue weighted by Gasteiger charge is 2.34. The molecule has 0 unspecified atom stereocenters. The van der Waals surface area contributed by atoms with Crippen molar-refractivity contribution in [2.75, 3.05) is 19.7 Å². The minimum atomic E-state index is 0.356. The predicted octanol–water partition coefficient (Wildman–Crippen LogP) is 3.67. The molecule has 2 aliphatic rings. The first-order valence-electron chi connectivity index (χ1n) is 7.87. The molecule has 0 atom stereocenters. The fourth-order valence-corrected chi connectivity index (χ4v) is 3.34. The summed E-state index contributed by atoms with van der Waals surface area (Å²) in [6, 6.07) is 8.40. The number of likely N-dealkylation sites (tertiary alicyclic amines) is 1. The fourth-order valence-electron chi connectivity index (χ4n) is 2.70. The molecule has 1 aliphatic carbocycles. The van der Waals surface area contributed by atoms with Crippen LogP contribution in [0.3, 0.4) is 0 Å². The second-order valence-corrected chi connectivity index (χ2v) is 7.10. The maximum absolute atomic E-state index is 12.0. The van der Waals surface area contributed by atoms with Crippen LogP contribution in [-0.4, -0.2) is 30.5 Å². The van der Waals surface area contributed by atoms with Crippen molar-refractivity contribution in [3.8, 4) is 0 Å². The number of hydrogen-bond acceptors (Lipinski definition) is 3. The number of hydrogen-bond donors (Lipinski definition) is 0. The summed E-state index contributed by atoms with van der Waals surface area (Å²) in [5.41, 5.74) is 1.27. The Morgan fingerprint density at radius 2 is 1.86 bits per heavy atom. The van der Waals surface area contributed by atoms with Crippen molar-refractivity contribution in [2.45, 2.75) is 37.5 Å². The van der Waals surface area contributed by atoms with Crippen LogP contribution in [0.4, 0.5) is 0 Å². The number of benzene rings is 1. The van der Waals surface area contributed by atoms with Gasteiger partial charge in [-0.25, -0.2) is 0 Å². The molecule has 0 bridgehead atoms. The van der Waals surface area contributed by atoms with Crippen molar-refractivity contribution >= 4 is 17.9 Å². The van der Waals surface area contributed by atoms with Crippen LogP contribution in [0.2, 0.25) is 0 Å². The van der Waals surface area contributed by atoms with Crippen molar-refractivity contribution in [3.05, 3.63) is 29.8 Å². The molecule has 0 aromatic heterocycles. The first-order valence-corrected chi connectivity index (χ1v) is 8.61. The van der Waals surface area contributed by atoms with E-state index in [2.05, 4.69) is 36.1 Å². The fraction of sp³-hybridized carbons (Fsp3) is 0.588. The van der Waals surface area contributed by atoms with Crippen LogP contribution >= 0.6 is 12.0 Å². The zero-order valence-corrected chi connectivity index (χ0v) is 13.4. The number of carbonyl (C=O) groups excluding carboxylic acids is 1. The van der Waals surface area contributed by atoms with Crippen molar-refractivity contribution in [1.29, 1.82) is 0 Å². The summed E-state index contributed by atoms with van der Waals surface area (Å²) < 4.78 is 5.77. The molecule has 1 heterocycles. The van der Waals surface area contributed by atoms with E-state index in [1.807, 2.05) is 0 Å². The number of nitrogens with zero attached hydrogens (tertiary/aromatic N) is 1. The van der Waals surface area contributed by atoms with Crippen LogP contribution in [0.5, 0.6) is 0 Å². The standard InChI is InChI=1S/C17H23NO2S/c1-13-2-6-16(7-3-13)21-20-12-14-8-10-18(11-9-14)17(19)15-4-5-15/h2-3,6-7,14-15H,4-5,8-12H2,1H3. The molecule has 3 rings (SSSR count). The number of amides is 1. The predicted molar refractivity (Wildman–Crippen MR) is 85.0 cm³/mol. The zero-order chi connectivity index (χ0) is 14.7. The topological polar surface area (TPSA) is 29.5 Å². The zero-order valence-electron chi connectivity index (χ0n) is 12.6. The van der Waals surface area contributed by atoms with Gasteiger partial charge in [0.15, 0.2) is 0 Å². The van der Waals surface area contributed by atoms with Crippen molar-refractivity contribution in [2.24, 2.45) is 11.8 Å². The van der Waals surface area contributed by atoms with Crippen LogP contribution in [0.1, 0.15) is 31.2 Å². The molecule has 3 nitrogen and oxygen atoms in total. The van der Waals surface area contributed by atoms with E-state index in [1.165, 1.54) is 17.6 Å². The van der Waals surface area contributed by atoms with E-state index in [9.17, 15) is 4.79 Å². The molecule has 0 spiro atoms. The van der Waals surface area contributed by atoms with Gasteiger partial charge in [-0.05, 0) is 50.7 Å². The Morgan fingerprint density at radius 3 is 2.48 bits per heavy atom. The molecule has 21 heavy (non-hydrogen) atoms. The van der Waals surface area contributed by atoms with Crippen molar-refractivity contribution < 1.29 is 8.98 Å². The van der Waals surface area contributed by atoms with E-state index in [4.69, 9.17) is 4.18 Å². The van der Waals surface area contributed by atoms with Gasteiger partial charge in [0.1, 0.15) is 0 Å². The Kier molecular flexibility index (Phi) is 4.86. The highest BCUT2D eigenvalue weighted by Crippen LogP contribution is 2.32. The average Bonchev–Trinajstić information content (AvgIpc) is 3.34. The minimum Gasteiger partial charge on any atom is -0.342 e. The van der Waals surface area contributed by atoms with E-state index in [0.29, 0.717) is 17.7 Å². The molecule has 0 N–H and O–H groups in total. The lowest BCUT2D eigenvalue weighted by molar-refractivity contribution is -0.134. The molecule has 1 aromatic carbocycles. The average molecular weight is 305 g/mol. The van der Waals surface area contributed by atoms with Gasteiger partial charge in [-0.15, -0.1) is 0 Å². The second kappa shape index (κ2) is 6.84. The Bertz CT molecular complexity index is 476. The second-order valence-electron chi connectivity index (χ2n) is 6.22. The first-order chi connectivity index (χ1) is 10.2. The molecule has 1 saturated heterocycles. The van der Waals surface area contributed by atoms with Gasteiger partial charge in [0, 0.05) is 35.9 Å². The maximum atomic E-state index is 12.0. The third kappa shape index (κ3) is 4.24. The summed E-state index contributed by atoms with van der Waals surface area (Å²) >= 11 is 1.46. The van der Waals surface area contributed by atoms with Gasteiger partial charge in [-0.3, -0.25) is 4.79 Å². The number of aryl methyl sites for hydroxylation is 1. The molecular formula is C17H23NO2S. The lowest BCUT2D eigenvalue weighted by atomic mass is 9.97. The smallest absolute Gasteiger partial charge is 0.225 e. The summed E-state index contributed by atoms with van der Waals surface area (Å²) in [5, 5.41) is 0. The largest absolute Gasteiger partial charge is 0.342 e. The number of rotatable bonds is 5. The molecule has 2 fully saturated rings. The van der Waals surface area contributed by atoms with E-state index in [1.54, 1.807) is 0 Å². The van der Waals surface area contributed by atoms with Crippen molar-refractivity contribution in [1.82, 2.24) is 4.90 Å². The molecular weight excluding hydrogens is 282 g/mol. The van der Waals surface area contributed by atoms with E-state index in [0.717, 1.165) is 50.3 Å². The quantitative estimate of drug-likeness (QED) is 0.777. The summed E-state index contributed by atoms with van der Waals surface area (Å²) in [4.78, 5) is 15.2. The molecule has 1 saturated carbocycles. The van der Waals surface area contributed by atoms with Crippen LogP contribution < -0.4 is 0 Å². The normalized spacial score (nSPS) is 19.8. The maximum Gasteiger partial charge on any atom is 0.225 e. The van der Waals surface area contributed by atoms with E-state index >= 15 is 0 Å². The Hall–Kier alpha value is -1.00. The summed E-state index contributed by atoms with van der Waals surface area (Å²) in [5.74, 6) is 1.34. The molecule has 1 aromatic rings. The van der Waals surface area contributed by atoms with E-state index in [-0.39, 0.29) is 0 Å². The van der Waals surface area contributed by atoms with Crippen LogP contribution in [-0.2, 0) is 8.98 Å². The molecule has 1 aliphatic heterocycles. The monoisotopic (exact) mass is 305 g/mol. The van der Waals surface area contributed by atoms with Gasteiger partial charge in [0.05, 0.1) is 6.61 Å². The van der Waals surface area contributed by atoms with Gasteiger partial charge in [-0.1, -0.05) is 17.7 Å². The Morgan fingerprint density at radius 1 is 1.19 bits per heavy atom. The lowest BCUT2D eigenvalue weighted by Crippen LogP contribution is -2.40. The van der Waals surface area contributed by atoms with Crippen LogP contribution in [0.25, 0.3) is 0 Å². The summed E-state index contributed by atoms with van der Waals surface area (Å²) in [7, 11) is 0. The molecule has 0 radical (unpaired) electrons. The van der Waals surface area contributed by atoms with Gasteiger partial charge >= 0.3 is 0 Å². The lowest BCUT2D eigenvalue weighted by Gasteiger charge is -2.31. The van der Waals surface area contributed by atoms with Gasteiger partial charge in [-0.2, -0.15) is 0 Å². The number of piperidine rings is 1. The van der Waals surface area contributed by atoms with Crippen LogP contribution in [0, 0.1) is 18.8 Å². The minimum absolute atomic E-state index is 0.356. The Balaban J connectivity index is 1.35. The summed E-state index contributed by atoms with van der Waals surface area (Å²) in [6.45, 7) is 4.70. The summed E-state index contributed by atoms with van der Waals surface area (Å²) in [6.07, 6.45) is 4.37. The van der Waals surface area contributed by atoms with Gasteiger partial charge in [0.25, 0.3) is 0 Å². The number of carbonyl (C=O) groups is 1. The third-order valence-electron chi connectivity index (χ3n) is 4.33. The SMILES string of the molecule is Cc1ccc(SOCC2CCN(C(=O)C3CC3)CC2)cc1. The van der Waals surface area contributed by atoms with Crippen molar-refractivity contribution in [3.63, 3.8) is 0 Å². The van der Waals surface area contributed by atoms with Gasteiger partial charge in [0.2, 0.25) is 5.91 Å². The highest BCUT2D eigenvalue weighted by molar-refractivity contribution is 7.94. The molecule has 114 valence electrons. The molecule has 1 amide bonds. The third-order valence-corrected chi connectivity index (χ3v) is 5.05.